The van der Waals surface area contributed by atoms with Crippen molar-refractivity contribution in [3.63, 3.8) is 0 Å². The Bertz CT molecular complexity index is 997. The number of ether oxygens (including phenoxy) is 2. The summed E-state index contributed by atoms with van der Waals surface area (Å²) in [6, 6.07) is 13.5. The van der Waals surface area contributed by atoms with Crippen molar-refractivity contribution in [2.75, 3.05) is 13.4 Å². The number of para-hydroxylation sites is 1. The largest absolute Gasteiger partial charge is 0.454 e. The van der Waals surface area contributed by atoms with Crippen LogP contribution in [0.1, 0.15) is 16.1 Å². The maximum atomic E-state index is 12.4. The Balaban J connectivity index is 1.37. The molecule has 8 nitrogen and oxygen atoms in total. The third kappa shape index (κ3) is 3.63. The van der Waals surface area contributed by atoms with Crippen LogP contribution in [-0.2, 0) is 11.3 Å². The van der Waals surface area contributed by atoms with Gasteiger partial charge in [-0.2, -0.15) is 0 Å². The minimum absolute atomic E-state index is 0.178. The van der Waals surface area contributed by atoms with Gasteiger partial charge < -0.3 is 30.2 Å². The molecular weight excluding hydrogens is 362 g/mol. The zero-order valence-corrected chi connectivity index (χ0v) is 14.9. The Morgan fingerprint density at radius 1 is 1.11 bits per heavy atom. The monoisotopic (exact) mass is 381 g/mol. The number of aromatic nitrogens is 1. The molecule has 0 radical (unpaired) electrons. The number of H-pyrrole nitrogens is 1. The van der Waals surface area contributed by atoms with Gasteiger partial charge >= 0.3 is 0 Å². The number of benzene rings is 2. The van der Waals surface area contributed by atoms with Crippen molar-refractivity contribution in [2.24, 2.45) is 0 Å². The van der Waals surface area contributed by atoms with Crippen LogP contribution in [-0.4, -0.2) is 41.3 Å². The number of fused-ring (bicyclic) bond motifs is 2. The lowest BCUT2D eigenvalue weighted by Crippen LogP contribution is -2.48. The second-order valence-corrected chi connectivity index (χ2v) is 6.38. The van der Waals surface area contributed by atoms with E-state index < -0.39 is 24.5 Å². The van der Waals surface area contributed by atoms with Gasteiger partial charge in [-0.3, -0.25) is 9.59 Å². The zero-order chi connectivity index (χ0) is 19.5. The molecule has 2 amide bonds. The van der Waals surface area contributed by atoms with E-state index in [1.54, 1.807) is 18.2 Å². The molecule has 2 heterocycles. The third-order valence-corrected chi connectivity index (χ3v) is 4.48. The van der Waals surface area contributed by atoms with Crippen LogP contribution >= 0.6 is 0 Å². The summed E-state index contributed by atoms with van der Waals surface area (Å²) in [5, 5.41) is 15.7. The Morgan fingerprint density at radius 3 is 2.75 bits per heavy atom. The number of hydrogen-bond acceptors (Lipinski definition) is 5. The highest BCUT2D eigenvalue weighted by Crippen LogP contribution is 2.32. The van der Waals surface area contributed by atoms with E-state index in [0.717, 1.165) is 16.5 Å². The van der Waals surface area contributed by atoms with Crippen LogP contribution in [0.25, 0.3) is 10.9 Å². The number of amides is 2. The topological polar surface area (TPSA) is 113 Å². The van der Waals surface area contributed by atoms with Crippen molar-refractivity contribution >= 4 is 22.7 Å². The molecular formula is C20H19N3O5. The molecule has 1 aliphatic heterocycles. The number of aliphatic hydroxyl groups excluding tert-OH is 1. The smallest absolute Gasteiger partial charge is 0.268 e. The van der Waals surface area contributed by atoms with Crippen LogP contribution < -0.4 is 20.1 Å². The molecule has 1 aromatic heterocycles. The highest BCUT2D eigenvalue weighted by molar-refractivity contribution is 6.00. The van der Waals surface area contributed by atoms with Crippen LogP contribution in [0, 0.1) is 0 Å². The molecule has 0 saturated carbocycles. The predicted molar refractivity (Wildman–Crippen MR) is 101 cm³/mol. The van der Waals surface area contributed by atoms with Crippen molar-refractivity contribution in [1.29, 1.82) is 0 Å². The molecule has 28 heavy (non-hydrogen) atoms. The average Bonchev–Trinajstić information content (AvgIpc) is 3.36. The number of carbonyl (C=O) groups excluding carboxylic acids is 2. The van der Waals surface area contributed by atoms with Crippen LogP contribution in [0.4, 0.5) is 0 Å². The number of nitrogens with one attached hydrogen (secondary N) is 3. The van der Waals surface area contributed by atoms with Crippen molar-refractivity contribution < 1.29 is 24.2 Å². The second-order valence-electron chi connectivity index (χ2n) is 6.38. The lowest BCUT2D eigenvalue weighted by atomic mass is 10.2. The van der Waals surface area contributed by atoms with E-state index in [-0.39, 0.29) is 13.3 Å². The molecule has 3 aromatic rings. The van der Waals surface area contributed by atoms with Crippen molar-refractivity contribution in [3.05, 3.63) is 59.8 Å². The Hall–Kier alpha value is -3.52. The molecule has 0 spiro atoms. The Morgan fingerprint density at radius 2 is 1.93 bits per heavy atom. The van der Waals surface area contributed by atoms with E-state index in [1.807, 2.05) is 30.3 Å². The molecule has 1 aliphatic rings. The highest BCUT2D eigenvalue weighted by Gasteiger charge is 2.22. The molecule has 0 bridgehead atoms. The molecule has 8 heteroatoms. The lowest BCUT2D eigenvalue weighted by molar-refractivity contribution is -0.124. The van der Waals surface area contributed by atoms with Gasteiger partial charge in [0.2, 0.25) is 12.7 Å². The number of hydrogen-bond donors (Lipinski definition) is 4. The SMILES string of the molecule is O=C(N[C@@H](CO)C(=O)NCc1ccc2c(c1)OCO2)c1cc2ccccc2[nH]1. The first-order chi connectivity index (χ1) is 13.6. The standard InChI is InChI=1S/C20H19N3O5/c24-10-16(23-20(26)15-8-13-3-1-2-4-14(13)22-15)19(25)21-9-12-5-6-17-18(7-12)28-11-27-17/h1-8,16,22,24H,9-11H2,(H,21,25)(H,23,26)/t16-/m0/s1. The fourth-order valence-electron chi connectivity index (χ4n) is 2.99. The third-order valence-electron chi connectivity index (χ3n) is 4.48. The van der Waals surface area contributed by atoms with Gasteiger partial charge in [0.1, 0.15) is 11.7 Å². The van der Waals surface area contributed by atoms with E-state index in [9.17, 15) is 14.7 Å². The normalized spacial score (nSPS) is 13.3. The summed E-state index contributed by atoms with van der Waals surface area (Å²) in [5.41, 5.74) is 1.96. The van der Waals surface area contributed by atoms with Crippen LogP contribution in [0.5, 0.6) is 11.5 Å². The average molecular weight is 381 g/mol. The molecule has 0 saturated heterocycles. The van der Waals surface area contributed by atoms with Crippen LogP contribution in [0.3, 0.4) is 0 Å². The summed E-state index contributed by atoms with van der Waals surface area (Å²) in [6.07, 6.45) is 0. The van der Waals surface area contributed by atoms with Crippen molar-refractivity contribution in [3.8, 4) is 11.5 Å². The molecule has 4 rings (SSSR count). The van der Waals surface area contributed by atoms with Gasteiger partial charge in [0.25, 0.3) is 5.91 Å². The molecule has 1 atom stereocenters. The Labute approximate surface area is 160 Å². The molecule has 144 valence electrons. The molecule has 2 aromatic carbocycles. The van der Waals surface area contributed by atoms with E-state index in [4.69, 9.17) is 9.47 Å². The van der Waals surface area contributed by atoms with Gasteiger partial charge in [0.05, 0.1) is 6.61 Å². The van der Waals surface area contributed by atoms with Crippen LogP contribution in [0.2, 0.25) is 0 Å². The fraction of sp³-hybridized carbons (Fsp3) is 0.200. The predicted octanol–water partition coefficient (Wildman–Crippen LogP) is 1.30. The van der Waals surface area contributed by atoms with Crippen molar-refractivity contribution in [2.45, 2.75) is 12.6 Å². The summed E-state index contributed by atoms with van der Waals surface area (Å²) < 4.78 is 10.6. The van der Waals surface area contributed by atoms with Gasteiger partial charge in [-0.15, -0.1) is 0 Å². The lowest BCUT2D eigenvalue weighted by Gasteiger charge is -2.16. The number of aromatic amines is 1. The summed E-state index contributed by atoms with van der Waals surface area (Å²) in [7, 11) is 0. The minimum Gasteiger partial charge on any atom is -0.454 e. The maximum Gasteiger partial charge on any atom is 0.268 e. The molecule has 0 fully saturated rings. The number of aliphatic hydroxyl groups is 1. The fourth-order valence-corrected chi connectivity index (χ4v) is 2.99. The van der Waals surface area contributed by atoms with Crippen LogP contribution in [0.15, 0.2) is 48.5 Å². The molecule has 0 unspecified atom stereocenters. The summed E-state index contributed by atoms with van der Waals surface area (Å²) >= 11 is 0. The number of rotatable bonds is 6. The molecule has 0 aliphatic carbocycles. The Kier molecular flexibility index (Phi) is 4.86. The van der Waals surface area contributed by atoms with E-state index >= 15 is 0 Å². The maximum absolute atomic E-state index is 12.4. The second kappa shape index (κ2) is 7.61. The van der Waals surface area contributed by atoms with Gasteiger partial charge in [-0.1, -0.05) is 24.3 Å². The first kappa shape index (κ1) is 17.9. The number of carbonyl (C=O) groups is 2. The first-order valence-electron chi connectivity index (χ1n) is 8.80. The summed E-state index contributed by atoms with van der Waals surface area (Å²) in [4.78, 5) is 27.8. The van der Waals surface area contributed by atoms with Gasteiger partial charge in [-0.25, -0.2) is 0 Å². The van der Waals surface area contributed by atoms with Gasteiger partial charge in [0, 0.05) is 17.4 Å². The van der Waals surface area contributed by atoms with Gasteiger partial charge in [0.15, 0.2) is 11.5 Å². The van der Waals surface area contributed by atoms with E-state index in [2.05, 4.69) is 15.6 Å². The van der Waals surface area contributed by atoms with Gasteiger partial charge in [-0.05, 0) is 29.8 Å². The van der Waals surface area contributed by atoms with E-state index in [1.165, 1.54) is 0 Å². The zero-order valence-electron chi connectivity index (χ0n) is 14.9. The highest BCUT2D eigenvalue weighted by atomic mass is 16.7. The first-order valence-corrected chi connectivity index (χ1v) is 8.80. The summed E-state index contributed by atoms with van der Waals surface area (Å²) in [6.45, 7) is -0.106. The van der Waals surface area contributed by atoms with Crippen molar-refractivity contribution in [1.82, 2.24) is 15.6 Å². The molecule has 4 N–H and O–H groups in total. The van der Waals surface area contributed by atoms with E-state index in [0.29, 0.717) is 17.2 Å². The minimum atomic E-state index is -1.06. The quantitative estimate of drug-likeness (QED) is 0.514. The summed E-state index contributed by atoms with van der Waals surface area (Å²) in [5.74, 6) is 0.338.